The zero-order valence-electron chi connectivity index (χ0n) is 19.1. The van der Waals surface area contributed by atoms with Gasteiger partial charge in [0.05, 0.1) is 18.2 Å². The van der Waals surface area contributed by atoms with Crippen molar-refractivity contribution in [2.45, 2.75) is 58.5 Å². The van der Waals surface area contributed by atoms with Crippen LogP contribution in [0, 0.1) is 5.92 Å². The molecule has 1 N–H and O–H groups in total. The van der Waals surface area contributed by atoms with E-state index in [4.69, 9.17) is 4.74 Å². The van der Waals surface area contributed by atoms with E-state index in [0.29, 0.717) is 17.2 Å². The Morgan fingerprint density at radius 2 is 2.00 bits per heavy atom. The quantitative estimate of drug-likeness (QED) is 0.652. The summed E-state index contributed by atoms with van der Waals surface area (Å²) in [5.74, 6) is 2.12. The van der Waals surface area contributed by atoms with Crippen molar-refractivity contribution in [1.29, 1.82) is 0 Å². The summed E-state index contributed by atoms with van der Waals surface area (Å²) >= 11 is 0. The van der Waals surface area contributed by atoms with Crippen molar-refractivity contribution in [1.82, 2.24) is 30.1 Å². The predicted molar refractivity (Wildman–Crippen MR) is 120 cm³/mol. The highest BCUT2D eigenvalue weighted by molar-refractivity contribution is 5.80. The molecule has 0 amide bonds. The summed E-state index contributed by atoms with van der Waals surface area (Å²) in [6.45, 7) is 10.5. The predicted octanol–water partition coefficient (Wildman–Crippen LogP) is 3.49. The molecule has 1 aliphatic rings. The smallest absolute Gasteiger partial charge is 0.253 e. The lowest BCUT2D eigenvalue weighted by molar-refractivity contribution is 0.143. The van der Waals surface area contributed by atoms with Gasteiger partial charge in [-0.1, -0.05) is 13.8 Å². The van der Waals surface area contributed by atoms with Gasteiger partial charge in [0.15, 0.2) is 5.82 Å². The Balaban J connectivity index is 1.87. The van der Waals surface area contributed by atoms with Gasteiger partial charge in [0.25, 0.3) is 5.56 Å². The van der Waals surface area contributed by atoms with Gasteiger partial charge in [-0.15, -0.1) is 5.10 Å². The fourth-order valence-electron chi connectivity index (χ4n) is 4.26. The van der Waals surface area contributed by atoms with E-state index in [0.717, 1.165) is 49.1 Å². The van der Waals surface area contributed by atoms with Crippen molar-refractivity contribution in [3.8, 4) is 5.75 Å². The van der Waals surface area contributed by atoms with E-state index in [1.807, 2.05) is 28.9 Å². The van der Waals surface area contributed by atoms with Crippen LogP contribution in [0.1, 0.15) is 64.4 Å². The van der Waals surface area contributed by atoms with Crippen LogP contribution in [0.25, 0.3) is 10.9 Å². The molecular weight excluding hydrogens is 392 g/mol. The van der Waals surface area contributed by atoms with E-state index in [1.54, 1.807) is 7.11 Å². The van der Waals surface area contributed by atoms with Crippen LogP contribution in [-0.2, 0) is 5.54 Å². The molecule has 0 spiro atoms. The number of aromatic nitrogens is 5. The van der Waals surface area contributed by atoms with Gasteiger partial charge >= 0.3 is 0 Å². The van der Waals surface area contributed by atoms with Gasteiger partial charge in [0.2, 0.25) is 0 Å². The lowest BCUT2D eigenvalue weighted by Crippen LogP contribution is -2.41. The summed E-state index contributed by atoms with van der Waals surface area (Å²) < 4.78 is 7.21. The van der Waals surface area contributed by atoms with Crippen LogP contribution in [0.2, 0.25) is 0 Å². The van der Waals surface area contributed by atoms with Gasteiger partial charge in [-0.25, -0.2) is 4.68 Å². The molecule has 1 unspecified atom stereocenters. The van der Waals surface area contributed by atoms with Gasteiger partial charge in [-0.05, 0) is 86.1 Å². The van der Waals surface area contributed by atoms with Crippen LogP contribution in [0.5, 0.6) is 5.75 Å². The fraction of sp³-hybridized carbons (Fsp3) is 0.565. The Labute approximate surface area is 182 Å². The number of hydrogen-bond acceptors (Lipinski definition) is 6. The van der Waals surface area contributed by atoms with Gasteiger partial charge in [-0.3, -0.25) is 9.69 Å². The zero-order chi connectivity index (χ0) is 22.2. The van der Waals surface area contributed by atoms with Gasteiger partial charge < -0.3 is 9.72 Å². The standard InChI is InChI=1S/C23H32N6O2/c1-6-23(3,4)29-21(25-26-27-29)20(28-11-9-15(2)10-12-28)18-13-16-7-8-17(31-5)14-19(16)24-22(18)30/h7-8,13-15,20H,6,9-12H2,1-5H3,(H,24,30). The number of fused-ring (bicyclic) bond motifs is 1. The molecule has 3 heterocycles. The maximum atomic E-state index is 13.3. The van der Waals surface area contributed by atoms with E-state index in [9.17, 15) is 4.79 Å². The van der Waals surface area contributed by atoms with E-state index >= 15 is 0 Å². The number of likely N-dealkylation sites (tertiary alicyclic amines) is 1. The normalized spacial score (nSPS) is 17.2. The molecule has 8 nitrogen and oxygen atoms in total. The number of benzene rings is 1. The molecule has 1 saturated heterocycles. The molecule has 1 fully saturated rings. The third-order valence-corrected chi connectivity index (χ3v) is 6.74. The Bertz CT molecular complexity index is 1110. The summed E-state index contributed by atoms with van der Waals surface area (Å²) in [4.78, 5) is 18.7. The van der Waals surface area contributed by atoms with Crippen molar-refractivity contribution in [3.63, 3.8) is 0 Å². The topological polar surface area (TPSA) is 88.9 Å². The molecule has 3 aromatic rings. The number of hydrogen-bond donors (Lipinski definition) is 1. The van der Waals surface area contributed by atoms with Gasteiger partial charge in [0, 0.05) is 11.6 Å². The molecule has 2 aromatic heterocycles. The molecule has 4 rings (SSSR count). The number of nitrogens with one attached hydrogen (secondary N) is 1. The van der Waals surface area contributed by atoms with Crippen LogP contribution in [0.4, 0.5) is 0 Å². The number of H-pyrrole nitrogens is 1. The van der Waals surface area contributed by atoms with Crippen LogP contribution in [-0.4, -0.2) is 50.3 Å². The van der Waals surface area contributed by atoms with E-state index in [1.165, 1.54) is 0 Å². The van der Waals surface area contributed by atoms with Crippen molar-refractivity contribution in [2.75, 3.05) is 20.2 Å². The summed E-state index contributed by atoms with van der Waals surface area (Å²) in [6.07, 6.45) is 3.07. The molecule has 8 heteroatoms. The summed E-state index contributed by atoms with van der Waals surface area (Å²) in [7, 11) is 1.62. The van der Waals surface area contributed by atoms with Crippen LogP contribution < -0.4 is 10.3 Å². The van der Waals surface area contributed by atoms with E-state index < -0.39 is 0 Å². The highest BCUT2D eigenvalue weighted by atomic mass is 16.5. The minimum atomic E-state index is -0.302. The zero-order valence-corrected chi connectivity index (χ0v) is 19.1. The summed E-state index contributed by atoms with van der Waals surface area (Å²) in [5.41, 5.74) is 1.06. The Morgan fingerprint density at radius 1 is 1.26 bits per heavy atom. The van der Waals surface area contributed by atoms with Crippen molar-refractivity contribution in [2.24, 2.45) is 5.92 Å². The maximum Gasteiger partial charge on any atom is 0.253 e. The van der Waals surface area contributed by atoms with Gasteiger partial charge in [-0.2, -0.15) is 0 Å². The number of piperidine rings is 1. The Morgan fingerprint density at radius 3 is 2.68 bits per heavy atom. The molecule has 0 radical (unpaired) electrons. The number of methoxy groups -OCH3 is 1. The number of pyridine rings is 1. The molecule has 1 atom stereocenters. The van der Waals surface area contributed by atoms with Crippen LogP contribution in [0.3, 0.4) is 0 Å². The Hall–Kier alpha value is -2.74. The van der Waals surface area contributed by atoms with Crippen molar-refractivity contribution < 1.29 is 4.74 Å². The molecule has 0 aliphatic carbocycles. The van der Waals surface area contributed by atoms with Crippen molar-refractivity contribution >= 4 is 10.9 Å². The largest absolute Gasteiger partial charge is 0.497 e. The average molecular weight is 425 g/mol. The molecule has 166 valence electrons. The highest BCUT2D eigenvalue weighted by Crippen LogP contribution is 2.33. The summed E-state index contributed by atoms with van der Waals surface area (Å²) in [5, 5.41) is 13.7. The van der Waals surface area contributed by atoms with Crippen LogP contribution >= 0.6 is 0 Å². The number of ether oxygens (including phenoxy) is 1. The molecule has 0 bridgehead atoms. The number of tetrazole rings is 1. The average Bonchev–Trinajstić information content (AvgIpc) is 3.25. The first kappa shape index (κ1) is 21.5. The monoisotopic (exact) mass is 424 g/mol. The lowest BCUT2D eigenvalue weighted by Gasteiger charge is -2.37. The molecule has 31 heavy (non-hydrogen) atoms. The minimum absolute atomic E-state index is 0.117. The third-order valence-electron chi connectivity index (χ3n) is 6.74. The second-order valence-corrected chi connectivity index (χ2v) is 9.24. The second kappa shape index (κ2) is 8.42. The SMILES string of the molecule is CCC(C)(C)n1nnnc1C(c1cc2ccc(OC)cc2[nH]c1=O)N1CCC(C)CC1. The van der Waals surface area contributed by atoms with E-state index in [-0.39, 0.29) is 17.1 Å². The minimum Gasteiger partial charge on any atom is -0.497 e. The first-order valence-electron chi connectivity index (χ1n) is 11.1. The first-order chi connectivity index (χ1) is 14.8. The van der Waals surface area contributed by atoms with Crippen molar-refractivity contribution in [3.05, 3.63) is 46.0 Å². The molecule has 1 aliphatic heterocycles. The second-order valence-electron chi connectivity index (χ2n) is 9.24. The third kappa shape index (κ3) is 4.08. The van der Waals surface area contributed by atoms with E-state index in [2.05, 4.69) is 53.1 Å². The first-order valence-corrected chi connectivity index (χ1v) is 11.1. The Kier molecular flexibility index (Phi) is 5.83. The fourth-order valence-corrected chi connectivity index (χ4v) is 4.26. The molecular formula is C23H32N6O2. The highest BCUT2D eigenvalue weighted by Gasteiger charge is 2.35. The molecule has 1 aromatic carbocycles. The summed E-state index contributed by atoms with van der Waals surface area (Å²) in [6, 6.07) is 7.41. The lowest BCUT2D eigenvalue weighted by atomic mass is 9.94. The number of aromatic amines is 1. The maximum absolute atomic E-state index is 13.3. The molecule has 0 saturated carbocycles. The number of nitrogens with zero attached hydrogens (tertiary/aromatic N) is 5. The van der Waals surface area contributed by atoms with Gasteiger partial charge in [0.1, 0.15) is 11.8 Å². The van der Waals surface area contributed by atoms with Crippen LogP contribution in [0.15, 0.2) is 29.1 Å². The number of rotatable bonds is 6.